The standard InChI is InChI=1S/C24H32ClN3O3/c1-24(2,3)31-23(30)28-12-7-17(8-13-28)16-5-10-27(11-6-16)19-14-18-4-9-26-22(29)21(18)20(25)15-19/h4,9,14-17H,5-8,10-13H2,1-3H3,(H,26,29). The van der Waals surface area contributed by atoms with Crippen molar-refractivity contribution in [2.45, 2.75) is 52.1 Å². The van der Waals surface area contributed by atoms with Crippen molar-refractivity contribution in [3.63, 3.8) is 0 Å². The molecule has 7 heteroatoms. The van der Waals surface area contributed by atoms with Gasteiger partial charge in [0.25, 0.3) is 5.56 Å². The Balaban J connectivity index is 1.33. The topological polar surface area (TPSA) is 65.6 Å². The number of likely N-dealkylation sites (tertiary alicyclic amines) is 1. The minimum Gasteiger partial charge on any atom is -0.444 e. The number of amides is 1. The number of aromatic nitrogens is 1. The molecular formula is C24H32ClN3O3. The van der Waals surface area contributed by atoms with Gasteiger partial charge in [-0.2, -0.15) is 0 Å². The highest BCUT2D eigenvalue weighted by molar-refractivity contribution is 6.35. The van der Waals surface area contributed by atoms with Crippen LogP contribution in [0.25, 0.3) is 10.8 Å². The van der Waals surface area contributed by atoms with Gasteiger partial charge in [0.05, 0.1) is 10.4 Å². The molecule has 6 nitrogen and oxygen atoms in total. The molecular weight excluding hydrogens is 414 g/mol. The van der Waals surface area contributed by atoms with Gasteiger partial charge in [-0.15, -0.1) is 0 Å². The number of rotatable bonds is 2. The van der Waals surface area contributed by atoms with Crippen molar-refractivity contribution in [1.82, 2.24) is 9.88 Å². The van der Waals surface area contributed by atoms with Crippen LogP contribution in [0.2, 0.25) is 5.02 Å². The smallest absolute Gasteiger partial charge is 0.410 e. The summed E-state index contributed by atoms with van der Waals surface area (Å²) in [6, 6.07) is 5.88. The van der Waals surface area contributed by atoms with Gasteiger partial charge in [-0.05, 0) is 81.9 Å². The first kappa shape index (κ1) is 22.0. The van der Waals surface area contributed by atoms with Gasteiger partial charge in [-0.25, -0.2) is 4.79 Å². The summed E-state index contributed by atoms with van der Waals surface area (Å²) < 4.78 is 5.52. The Hall–Kier alpha value is -2.21. The second-order valence-corrected chi connectivity index (χ2v) is 10.2. The summed E-state index contributed by atoms with van der Waals surface area (Å²) in [5.41, 5.74) is 0.492. The van der Waals surface area contributed by atoms with Gasteiger partial charge in [0, 0.05) is 38.1 Å². The van der Waals surface area contributed by atoms with Gasteiger partial charge >= 0.3 is 6.09 Å². The maximum Gasteiger partial charge on any atom is 0.410 e. The number of hydrogen-bond acceptors (Lipinski definition) is 4. The van der Waals surface area contributed by atoms with Crippen LogP contribution >= 0.6 is 11.6 Å². The number of aromatic amines is 1. The zero-order chi connectivity index (χ0) is 22.2. The predicted octanol–water partition coefficient (Wildman–Crippen LogP) is 5.05. The van der Waals surface area contributed by atoms with Gasteiger partial charge in [-0.1, -0.05) is 11.6 Å². The number of carbonyl (C=O) groups excluding carboxylic acids is 1. The molecule has 0 spiro atoms. The van der Waals surface area contributed by atoms with E-state index in [0.717, 1.165) is 62.9 Å². The van der Waals surface area contributed by atoms with Crippen LogP contribution in [0.1, 0.15) is 46.5 Å². The number of benzene rings is 1. The van der Waals surface area contributed by atoms with Crippen molar-refractivity contribution >= 4 is 34.2 Å². The monoisotopic (exact) mass is 445 g/mol. The van der Waals surface area contributed by atoms with Crippen molar-refractivity contribution < 1.29 is 9.53 Å². The Kier molecular flexibility index (Phi) is 6.20. The molecule has 1 N–H and O–H groups in total. The van der Waals surface area contributed by atoms with E-state index in [4.69, 9.17) is 16.3 Å². The molecule has 0 saturated carbocycles. The van der Waals surface area contributed by atoms with Gasteiger partial charge in [0.2, 0.25) is 0 Å². The first-order valence-corrected chi connectivity index (χ1v) is 11.6. The Morgan fingerprint density at radius 2 is 1.68 bits per heavy atom. The number of nitrogens with one attached hydrogen (secondary N) is 1. The van der Waals surface area contributed by atoms with Crippen LogP contribution in [0, 0.1) is 11.8 Å². The second-order valence-electron chi connectivity index (χ2n) is 9.83. The van der Waals surface area contributed by atoms with Gasteiger partial charge in [0.15, 0.2) is 0 Å². The first-order chi connectivity index (χ1) is 14.7. The maximum absolute atomic E-state index is 12.3. The number of ether oxygens (including phenoxy) is 1. The van der Waals surface area contributed by atoms with Gasteiger partial charge in [0.1, 0.15) is 5.60 Å². The molecule has 2 aliphatic heterocycles. The fourth-order valence-corrected chi connectivity index (χ4v) is 5.26. The van der Waals surface area contributed by atoms with Crippen LogP contribution in [-0.4, -0.2) is 47.8 Å². The lowest BCUT2D eigenvalue weighted by Crippen LogP contribution is -2.44. The minimum atomic E-state index is -0.445. The molecule has 2 aromatic rings. The number of fused-ring (bicyclic) bond motifs is 1. The van der Waals surface area contributed by atoms with Gasteiger partial charge in [-0.3, -0.25) is 4.79 Å². The fourth-order valence-electron chi connectivity index (χ4n) is 4.95. The Morgan fingerprint density at radius 1 is 1.06 bits per heavy atom. The van der Waals surface area contributed by atoms with Crippen LogP contribution in [0.3, 0.4) is 0 Å². The largest absolute Gasteiger partial charge is 0.444 e. The summed E-state index contributed by atoms with van der Waals surface area (Å²) >= 11 is 6.43. The van der Waals surface area contributed by atoms with E-state index in [1.807, 2.05) is 37.8 Å². The van der Waals surface area contributed by atoms with Crippen molar-refractivity contribution in [3.8, 4) is 0 Å². The number of piperidine rings is 2. The van der Waals surface area contributed by atoms with E-state index >= 15 is 0 Å². The van der Waals surface area contributed by atoms with E-state index in [-0.39, 0.29) is 11.7 Å². The maximum atomic E-state index is 12.3. The molecule has 1 aromatic carbocycles. The molecule has 0 bridgehead atoms. The number of carbonyl (C=O) groups is 1. The fraction of sp³-hybridized carbons (Fsp3) is 0.583. The van der Waals surface area contributed by atoms with E-state index in [9.17, 15) is 9.59 Å². The number of hydrogen-bond donors (Lipinski definition) is 1. The molecule has 0 aliphatic carbocycles. The minimum absolute atomic E-state index is 0.148. The molecule has 31 heavy (non-hydrogen) atoms. The molecule has 1 amide bonds. The molecule has 3 heterocycles. The van der Waals surface area contributed by atoms with E-state index in [2.05, 4.69) is 16.0 Å². The highest BCUT2D eigenvalue weighted by Crippen LogP contribution is 2.35. The predicted molar refractivity (Wildman–Crippen MR) is 125 cm³/mol. The average Bonchev–Trinajstić information content (AvgIpc) is 2.72. The van der Waals surface area contributed by atoms with Crippen molar-refractivity contribution in [3.05, 3.63) is 39.8 Å². The second kappa shape index (κ2) is 8.73. The Morgan fingerprint density at radius 3 is 2.29 bits per heavy atom. The summed E-state index contributed by atoms with van der Waals surface area (Å²) in [5.74, 6) is 1.36. The van der Waals surface area contributed by atoms with Crippen LogP contribution in [0.5, 0.6) is 0 Å². The molecule has 0 radical (unpaired) electrons. The summed E-state index contributed by atoms with van der Waals surface area (Å²) in [6.45, 7) is 9.28. The number of pyridine rings is 1. The Bertz CT molecular complexity index is 997. The van der Waals surface area contributed by atoms with Crippen molar-refractivity contribution in [2.24, 2.45) is 11.8 Å². The van der Waals surface area contributed by atoms with Crippen LogP contribution < -0.4 is 10.5 Å². The highest BCUT2D eigenvalue weighted by Gasteiger charge is 2.32. The highest BCUT2D eigenvalue weighted by atomic mass is 35.5. The van der Waals surface area contributed by atoms with E-state index in [1.165, 1.54) is 0 Å². The number of anilines is 1. The third-order valence-corrected chi connectivity index (χ3v) is 6.87. The normalized spacial score (nSPS) is 19.1. The number of H-pyrrole nitrogens is 1. The third kappa shape index (κ3) is 5.00. The lowest BCUT2D eigenvalue weighted by atomic mass is 9.79. The lowest BCUT2D eigenvalue weighted by molar-refractivity contribution is 0.0152. The van der Waals surface area contributed by atoms with E-state index in [1.54, 1.807) is 6.20 Å². The molecule has 2 saturated heterocycles. The number of halogens is 1. The first-order valence-electron chi connectivity index (χ1n) is 11.2. The molecule has 0 unspecified atom stereocenters. The van der Waals surface area contributed by atoms with Crippen molar-refractivity contribution in [1.29, 1.82) is 0 Å². The summed E-state index contributed by atoms with van der Waals surface area (Å²) in [4.78, 5) is 31.3. The van der Waals surface area contributed by atoms with Crippen LogP contribution in [0.4, 0.5) is 10.5 Å². The van der Waals surface area contributed by atoms with Gasteiger partial charge < -0.3 is 19.5 Å². The lowest BCUT2D eigenvalue weighted by Gasteiger charge is -2.41. The van der Waals surface area contributed by atoms with E-state index < -0.39 is 5.60 Å². The zero-order valence-corrected chi connectivity index (χ0v) is 19.4. The molecule has 168 valence electrons. The average molecular weight is 446 g/mol. The molecule has 4 rings (SSSR count). The quantitative estimate of drug-likeness (QED) is 0.702. The summed E-state index contributed by atoms with van der Waals surface area (Å²) in [6.07, 6.45) is 5.86. The van der Waals surface area contributed by atoms with Crippen LogP contribution in [-0.2, 0) is 4.74 Å². The molecule has 2 aliphatic rings. The SMILES string of the molecule is CC(C)(C)OC(=O)N1CCC(C2CCN(c3cc(Cl)c4c(=O)[nH]ccc4c3)CC2)CC1. The molecule has 1 aromatic heterocycles. The van der Waals surface area contributed by atoms with Crippen molar-refractivity contribution in [2.75, 3.05) is 31.1 Å². The summed E-state index contributed by atoms with van der Waals surface area (Å²) in [7, 11) is 0. The third-order valence-electron chi connectivity index (χ3n) is 6.57. The van der Waals surface area contributed by atoms with Crippen LogP contribution in [0.15, 0.2) is 29.2 Å². The van der Waals surface area contributed by atoms with E-state index in [0.29, 0.717) is 22.2 Å². The number of nitrogens with zero attached hydrogens (tertiary/aromatic N) is 2. The summed E-state index contributed by atoms with van der Waals surface area (Å²) in [5, 5.41) is 1.94. The zero-order valence-electron chi connectivity index (χ0n) is 18.6. The molecule has 2 fully saturated rings. The Labute approximate surface area is 188 Å². The molecule has 0 atom stereocenters.